The first-order chi connectivity index (χ1) is 15.1. The van der Waals surface area contributed by atoms with Gasteiger partial charge in [-0.3, -0.25) is 14.5 Å². The second kappa shape index (κ2) is 8.07. The van der Waals surface area contributed by atoms with E-state index in [2.05, 4.69) is 10.2 Å². The van der Waals surface area contributed by atoms with Crippen LogP contribution in [-0.4, -0.2) is 64.2 Å². The predicted octanol–water partition coefficient (Wildman–Crippen LogP) is 2.89. The van der Waals surface area contributed by atoms with Crippen molar-refractivity contribution in [2.24, 2.45) is 0 Å². The van der Waals surface area contributed by atoms with Crippen molar-refractivity contribution in [1.29, 1.82) is 0 Å². The van der Waals surface area contributed by atoms with E-state index in [-0.39, 0.29) is 18.2 Å². The van der Waals surface area contributed by atoms with E-state index in [1.165, 1.54) is 0 Å². The van der Waals surface area contributed by atoms with E-state index in [0.29, 0.717) is 18.7 Å². The molecule has 1 amide bonds. The van der Waals surface area contributed by atoms with Gasteiger partial charge in [-0.15, -0.1) is 0 Å². The maximum Gasteiger partial charge on any atom is 0.253 e. The Morgan fingerprint density at radius 2 is 1.94 bits per heavy atom. The number of carbonyl (C=O) groups is 2. The van der Waals surface area contributed by atoms with Crippen molar-refractivity contribution >= 4 is 28.4 Å². The highest BCUT2D eigenvalue weighted by molar-refractivity contribution is 6.15. The second-order valence-corrected chi connectivity index (χ2v) is 8.26. The Hall–Kier alpha value is -3.32. The van der Waals surface area contributed by atoms with Crippen molar-refractivity contribution in [3.05, 3.63) is 65.0 Å². The number of nitrogens with one attached hydrogen (secondary N) is 1. The molecule has 0 atom stereocenters. The lowest BCUT2D eigenvalue weighted by Crippen LogP contribution is -2.35. The van der Waals surface area contributed by atoms with Gasteiger partial charge < -0.3 is 10.2 Å². The lowest BCUT2D eigenvalue weighted by molar-refractivity contribution is 0.0760. The molecule has 0 aliphatic carbocycles. The second-order valence-electron chi connectivity index (χ2n) is 8.26. The third-order valence-electron chi connectivity index (χ3n) is 5.99. The fraction of sp³-hybridized carbons (Fsp3) is 0.333. The molecule has 1 saturated heterocycles. The third-order valence-corrected chi connectivity index (χ3v) is 5.99. The van der Waals surface area contributed by atoms with Crippen molar-refractivity contribution < 1.29 is 9.59 Å². The van der Waals surface area contributed by atoms with Crippen LogP contribution in [-0.2, 0) is 6.54 Å². The summed E-state index contributed by atoms with van der Waals surface area (Å²) in [5, 5.41) is 3.95. The van der Waals surface area contributed by atoms with Crippen LogP contribution in [0.2, 0.25) is 0 Å². The predicted molar refractivity (Wildman–Crippen MR) is 119 cm³/mol. The largest absolute Gasteiger partial charge is 0.362 e. The summed E-state index contributed by atoms with van der Waals surface area (Å²) >= 11 is 0. The van der Waals surface area contributed by atoms with Gasteiger partial charge in [0.05, 0.1) is 24.0 Å². The minimum absolute atomic E-state index is 0.0698. The van der Waals surface area contributed by atoms with Crippen molar-refractivity contribution in [3.8, 4) is 0 Å². The molecule has 1 N–H and O–H groups in total. The van der Waals surface area contributed by atoms with E-state index in [1.807, 2.05) is 54.3 Å². The molecule has 0 spiro atoms. The van der Waals surface area contributed by atoms with Crippen molar-refractivity contribution in [1.82, 2.24) is 19.8 Å². The SMILES string of the molecule is Cc1cccc(C(=O)N2CCCN(Cc3nc4c5c(cccc5n3)C(=O)CN4)CC2)c1. The summed E-state index contributed by atoms with van der Waals surface area (Å²) < 4.78 is 0. The topological polar surface area (TPSA) is 78.4 Å². The zero-order valence-corrected chi connectivity index (χ0v) is 17.6. The highest BCUT2D eigenvalue weighted by atomic mass is 16.2. The van der Waals surface area contributed by atoms with Crippen LogP contribution >= 0.6 is 0 Å². The molecule has 1 aromatic heterocycles. The summed E-state index contributed by atoms with van der Waals surface area (Å²) in [5.74, 6) is 1.64. The zero-order valence-electron chi connectivity index (χ0n) is 17.6. The van der Waals surface area contributed by atoms with Crippen LogP contribution in [0.5, 0.6) is 0 Å². The summed E-state index contributed by atoms with van der Waals surface area (Å²) in [6.45, 7) is 5.99. The first-order valence-electron chi connectivity index (χ1n) is 10.7. The minimum atomic E-state index is 0.0698. The van der Waals surface area contributed by atoms with Gasteiger partial charge in [-0.25, -0.2) is 9.97 Å². The van der Waals surface area contributed by atoms with Gasteiger partial charge in [0.1, 0.15) is 11.6 Å². The molecular formula is C24H25N5O2. The lowest BCUT2D eigenvalue weighted by atomic mass is 10.0. The summed E-state index contributed by atoms with van der Waals surface area (Å²) in [6.07, 6.45) is 0.912. The van der Waals surface area contributed by atoms with Crippen LogP contribution < -0.4 is 5.32 Å². The quantitative estimate of drug-likeness (QED) is 0.709. The highest BCUT2D eigenvalue weighted by Crippen LogP contribution is 2.28. The summed E-state index contributed by atoms with van der Waals surface area (Å²) in [7, 11) is 0. The molecule has 2 aliphatic rings. The maximum absolute atomic E-state index is 12.9. The molecule has 0 bridgehead atoms. The van der Waals surface area contributed by atoms with Gasteiger partial charge in [0.25, 0.3) is 5.91 Å². The van der Waals surface area contributed by atoms with E-state index in [9.17, 15) is 9.59 Å². The van der Waals surface area contributed by atoms with Crippen LogP contribution in [0.1, 0.15) is 38.5 Å². The number of benzene rings is 2. The van der Waals surface area contributed by atoms with E-state index in [0.717, 1.165) is 59.7 Å². The molecule has 158 valence electrons. The zero-order chi connectivity index (χ0) is 21.4. The molecule has 31 heavy (non-hydrogen) atoms. The Bertz CT molecular complexity index is 1180. The van der Waals surface area contributed by atoms with Crippen LogP contribution in [0, 0.1) is 6.92 Å². The number of rotatable bonds is 3. The molecule has 7 nitrogen and oxygen atoms in total. The number of hydrogen-bond acceptors (Lipinski definition) is 6. The summed E-state index contributed by atoms with van der Waals surface area (Å²) in [6, 6.07) is 13.4. The first kappa shape index (κ1) is 19.6. The van der Waals surface area contributed by atoms with E-state index < -0.39 is 0 Å². The van der Waals surface area contributed by atoms with Crippen LogP contribution in [0.25, 0.3) is 10.9 Å². The minimum Gasteiger partial charge on any atom is -0.362 e. The Morgan fingerprint density at radius 1 is 1.06 bits per heavy atom. The molecule has 0 unspecified atom stereocenters. The van der Waals surface area contributed by atoms with Crippen LogP contribution in [0.3, 0.4) is 0 Å². The molecule has 3 heterocycles. The Balaban J connectivity index is 1.31. The average Bonchev–Trinajstić information content (AvgIpc) is 3.01. The number of amides is 1. The molecule has 7 heteroatoms. The first-order valence-corrected chi connectivity index (χ1v) is 10.7. The van der Waals surface area contributed by atoms with Crippen molar-refractivity contribution in [2.75, 3.05) is 38.0 Å². The van der Waals surface area contributed by atoms with Crippen molar-refractivity contribution in [2.45, 2.75) is 19.9 Å². The number of ketones is 1. The highest BCUT2D eigenvalue weighted by Gasteiger charge is 2.23. The van der Waals surface area contributed by atoms with Crippen LogP contribution in [0.4, 0.5) is 5.82 Å². The molecule has 1 fully saturated rings. The molecule has 2 aliphatic heterocycles. The molecule has 0 radical (unpaired) electrons. The summed E-state index contributed by atoms with van der Waals surface area (Å²) in [5.41, 5.74) is 3.34. The Kier molecular flexibility index (Phi) is 5.11. The Labute approximate surface area is 181 Å². The van der Waals surface area contributed by atoms with Gasteiger partial charge in [0.15, 0.2) is 5.78 Å². The number of carbonyl (C=O) groups excluding carboxylic acids is 2. The van der Waals surface area contributed by atoms with Gasteiger partial charge >= 0.3 is 0 Å². The number of aryl methyl sites for hydroxylation is 1. The molecule has 2 aromatic carbocycles. The fourth-order valence-corrected chi connectivity index (χ4v) is 4.41. The van der Waals surface area contributed by atoms with E-state index in [4.69, 9.17) is 9.97 Å². The standard InChI is InChI=1S/C24H25N5O2/c1-16-5-2-6-17(13-16)24(31)29-10-4-9-28(11-12-29)15-21-26-19-8-3-7-18-20(30)14-25-23(27-21)22(18)19/h2-3,5-8,13H,4,9-12,14-15H2,1H3,(H,25,26,27). The lowest BCUT2D eigenvalue weighted by Gasteiger charge is -2.23. The monoisotopic (exact) mass is 415 g/mol. The molecule has 3 aromatic rings. The number of aromatic nitrogens is 2. The van der Waals surface area contributed by atoms with Gasteiger partial charge in [-0.05, 0) is 31.5 Å². The number of nitrogens with zero attached hydrogens (tertiary/aromatic N) is 4. The Morgan fingerprint density at radius 3 is 2.81 bits per heavy atom. The summed E-state index contributed by atoms with van der Waals surface area (Å²) in [4.78, 5) is 38.7. The fourth-order valence-electron chi connectivity index (χ4n) is 4.41. The normalized spacial score (nSPS) is 16.8. The van der Waals surface area contributed by atoms with Gasteiger partial charge in [0, 0.05) is 37.3 Å². The average molecular weight is 415 g/mol. The number of Topliss-reactive ketones (excluding diaryl/α,β-unsaturated/α-hetero) is 1. The molecular weight excluding hydrogens is 390 g/mol. The van der Waals surface area contributed by atoms with Crippen LogP contribution in [0.15, 0.2) is 42.5 Å². The maximum atomic E-state index is 12.9. The smallest absolute Gasteiger partial charge is 0.253 e. The molecule has 0 saturated carbocycles. The third kappa shape index (κ3) is 3.88. The van der Waals surface area contributed by atoms with E-state index in [1.54, 1.807) is 0 Å². The number of anilines is 1. The molecule has 5 rings (SSSR count). The van der Waals surface area contributed by atoms with Gasteiger partial charge in [0.2, 0.25) is 0 Å². The van der Waals surface area contributed by atoms with Gasteiger partial charge in [-0.1, -0.05) is 29.8 Å². The number of hydrogen-bond donors (Lipinski definition) is 1. The van der Waals surface area contributed by atoms with Crippen molar-refractivity contribution in [3.63, 3.8) is 0 Å². The van der Waals surface area contributed by atoms with E-state index >= 15 is 0 Å². The van der Waals surface area contributed by atoms with Gasteiger partial charge in [-0.2, -0.15) is 0 Å².